The average molecular weight is 428 g/mol. The molecule has 2 aromatic carbocycles. The van der Waals surface area contributed by atoms with Gasteiger partial charge in [0.1, 0.15) is 17.2 Å². The maximum absolute atomic E-state index is 13.1. The van der Waals surface area contributed by atoms with E-state index >= 15 is 0 Å². The van der Waals surface area contributed by atoms with E-state index in [-0.39, 0.29) is 11.9 Å². The molecule has 3 aromatic rings. The summed E-state index contributed by atoms with van der Waals surface area (Å²) in [5.41, 5.74) is 2.54. The van der Waals surface area contributed by atoms with Gasteiger partial charge in [0, 0.05) is 22.7 Å². The number of aromatic nitrogens is 2. The molecule has 1 N–H and O–H groups in total. The molecule has 6 nitrogen and oxygen atoms in total. The van der Waals surface area contributed by atoms with Crippen LogP contribution in [0.1, 0.15) is 31.3 Å². The van der Waals surface area contributed by atoms with Crippen molar-refractivity contribution in [3.05, 3.63) is 59.2 Å². The van der Waals surface area contributed by atoms with E-state index < -0.39 is 0 Å². The topological polar surface area (TPSA) is 65.4 Å². The van der Waals surface area contributed by atoms with E-state index in [0.29, 0.717) is 33.8 Å². The third kappa shape index (κ3) is 4.60. The van der Waals surface area contributed by atoms with E-state index in [9.17, 15) is 4.79 Å². The van der Waals surface area contributed by atoms with Crippen LogP contribution >= 0.6 is 11.6 Å². The molecule has 0 aliphatic heterocycles. The van der Waals surface area contributed by atoms with E-state index in [1.165, 1.54) is 0 Å². The smallest absolute Gasteiger partial charge is 0.270 e. The second-order valence-electron chi connectivity index (χ2n) is 7.38. The number of hydrogen-bond acceptors (Lipinski definition) is 4. The highest BCUT2D eigenvalue weighted by atomic mass is 35.5. The largest absolute Gasteiger partial charge is 0.497 e. The fourth-order valence-corrected chi connectivity index (χ4v) is 3.04. The summed E-state index contributed by atoms with van der Waals surface area (Å²) in [6, 6.07) is 14.5. The van der Waals surface area contributed by atoms with Gasteiger partial charge < -0.3 is 14.8 Å². The molecule has 1 aromatic heterocycles. The number of carbonyl (C=O) groups is 1. The molecule has 0 bridgehead atoms. The number of nitrogens with zero attached hydrogens (tertiary/aromatic N) is 2. The molecule has 0 radical (unpaired) electrons. The fraction of sp³-hybridized carbons (Fsp3) is 0.304. The Labute approximate surface area is 181 Å². The van der Waals surface area contributed by atoms with Crippen molar-refractivity contribution in [3.63, 3.8) is 0 Å². The Bertz CT molecular complexity index is 1030. The number of methoxy groups -OCH3 is 2. The highest BCUT2D eigenvalue weighted by molar-refractivity contribution is 6.30. The van der Waals surface area contributed by atoms with Crippen molar-refractivity contribution < 1.29 is 14.3 Å². The molecule has 0 saturated carbocycles. The second kappa shape index (κ2) is 9.22. The minimum Gasteiger partial charge on any atom is -0.497 e. The molecule has 0 aliphatic rings. The number of nitrogens with one attached hydrogen (secondary N) is 1. The number of hydrogen-bond donors (Lipinski definition) is 1. The first-order valence-electron chi connectivity index (χ1n) is 9.73. The zero-order valence-corrected chi connectivity index (χ0v) is 18.5. The van der Waals surface area contributed by atoms with Gasteiger partial charge in [-0.05, 0) is 55.3 Å². The zero-order chi connectivity index (χ0) is 21.8. The monoisotopic (exact) mass is 427 g/mol. The summed E-state index contributed by atoms with van der Waals surface area (Å²) >= 11 is 6.04. The van der Waals surface area contributed by atoms with Gasteiger partial charge >= 0.3 is 0 Å². The lowest BCUT2D eigenvalue weighted by atomic mass is 10.1. The van der Waals surface area contributed by atoms with Gasteiger partial charge in [-0.25, -0.2) is 4.68 Å². The molecule has 7 heteroatoms. The Morgan fingerprint density at radius 3 is 2.33 bits per heavy atom. The van der Waals surface area contributed by atoms with Crippen molar-refractivity contribution >= 4 is 17.5 Å². The van der Waals surface area contributed by atoms with E-state index in [4.69, 9.17) is 26.2 Å². The van der Waals surface area contributed by atoms with E-state index in [2.05, 4.69) is 19.2 Å². The standard InChI is InChI=1S/C23H26ClN3O3/c1-14(2)15(3)25-23(28)21-13-20(19-11-10-18(29-4)12-22(19)30-5)26-27(21)17-8-6-16(24)7-9-17/h6-15H,1-5H3,(H,25,28). The molecule has 1 heterocycles. The zero-order valence-electron chi connectivity index (χ0n) is 17.8. The Hall–Kier alpha value is -2.99. The number of benzene rings is 2. The first-order valence-corrected chi connectivity index (χ1v) is 10.1. The summed E-state index contributed by atoms with van der Waals surface area (Å²) in [4.78, 5) is 13.1. The number of amides is 1. The fourth-order valence-electron chi connectivity index (χ4n) is 2.91. The Balaban J connectivity index is 2.10. The highest BCUT2D eigenvalue weighted by Crippen LogP contribution is 2.33. The van der Waals surface area contributed by atoms with Gasteiger partial charge in [0.05, 0.1) is 25.6 Å². The maximum Gasteiger partial charge on any atom is 0.270 e. The van der Waals surface area contributed by atoms with Crippen molar-refractivity contribution in [2.45, 2.75) is 26.8 Å². The summed E-state index contributed by atoms with van der Waals surface area (Å²) in [5, 5.41) is 8.37. The molecule has 1 amide bonds. The summed E-state index contributed by atoms with van der Waals surface area (Å²) in [6.45, 7) is 6.11. The average Bonchev–Trinajstić information content (AvgIpc) is 3.19. The molecular formula is C23H26ClN3O3. The Kier molecular flexibility index (Phi) is 6.67. The number of carbonyl (C=O) groups excluding carboxylic acids is 1. The number of halogens is 1. The molecule has 0 spiro atoms. The third-order valence-electron chi connectivity index (χ3n) is 5.06. The third-order valence-corrected chi connectivity index (χ3v) is 5.31. The minimum absolute atomic E-state index is 0.0186. The van der Waals surface area contributed by atoms with Crippen LogP contribution in [0.4, 0.5) is 0 Å². The lowest BCUT2D eigenvalue weighted by molar-refractivity contribution is 0.0922. The highest BCUT2D eigenvalue weighted by Gasteiger charge is 2.21. The van der Waals surface area contributed by atoms with Crippen LogP contribution in [0.15, 0.2) is 48.5 Å². The predicted octanol–water partition coefficient (Wildman–Crippen LogP) is 4.98. The lowest BCUT2D eigenvalue weighted by Gasteiger charge is -2.17. The molecule has 30 heavy (non-hydrogen) atoms. The van der Waals surface area contributed by atoms with Crippen LogP contribution in [0.25, 0.3) is 16.9 Å². The van der Waals surface area contributed by atoms with Gasteiger partial charge in [-0.2, -0.15) is 5.10 Å². The van der Waals surface area contributed by atoms with Gasteiger partial charge in [0.15, 0.2) is 0 Å². The molecule has 0 fully saturated rings. The van der Waals surface area contributed by atoms with Gasteiger partial charge in [-0.15, -0.1) is 0 Å². The summed E-state index contributed by atoms with van der Waals surface area (Å²) in [6.07, 6.45) is 0. The summed E-state index contributed by atoms with van der Waals surface area (Å²) in [5.74, 6) is 1.40. The van der Waals surface area contributed by atoms with E-state index in [1.54, 1.807) is 43.2 Å². The Morgan fingerprint density at radius 2 is 1.73 bits per heavy atom. The summed E-state index contributed by atoms with van der Waals surface area (Å²) in [7, 11) is 3.19. The van der Waals surface area contributed by atoms with E-state index in [0.717, 1.165) is 11.3 Å². The van der Waals surface area contributed by atoms with Crippen LogP contribution < -0.4 is 14.8 Å². The Morgan fingerprint density at radius 1 is 1.03 bits per heavy atom. The van der Waals surface area contributed by atoms with Crippen LogP contribution in [0.5, 0.6) is 11.5 Å². The van der Waals surface area contributed by atoms with Crippen molar-refractivity contribution in [2.75, 3.05) is 14.2 Å². The van der Waals surface area contributed by atoms with E-state index in [1.807, 2.05) is 31.2 Å². The quantitative estimate of drug-likeness (QED) is 0.577. The molecule has 0 aliphatic carbocycles. The van der Waals surface area contributed by atoms with Gasteiger partial charge in [-0.1, -0.05) is 25.4 Å². The molecule has 158 valence electrons. The van der Waals surface area contributed by atoms with Gasteiger partial charge in [0.25, 0.3) is 5.91 Å². The SMILES string of the molecule is COc1ccc(-c2cc(C(=O)NC(C)C(C)C)n(-c3ccc(Cl)cc3)n2)c(OC)c1. The van der Waals surface area contributed by atoms with Crippen LogP contribution in [0.2, 0.25) is 5.02 Å². The first-order chi connectivity index (χ1) is 14.3. The van der Waals surface area contributed by atoms with Crippen LogP contribution in [-0.2, 0) is 0 Å². The van der Waals surface area contributed by atoms with Crippen molar-refractivity contribution in [2.24, 2.45) is 5.92 Å². The van der Waals surface area contributed by atoms with Crippen molar-refractivity contribution in [3.8, 4) is 28.4 Å². The summed E-state index contributed by atoms with van der Waals surface area (Å²) < 4.78 is 12.4. The minimum atomic E-state index is -0.197. The van der Waals surface area contributed by atoms with Crippen molar-refractivity contribution in [1.29, 1.82) is 0 Å². The molecule has 1 unspecified atom stereocenters. The molecule has 3 rings (SSSR count). The van der Waals surface area contributed by atoms with Crippen LogP contribution in [0.3, 0.4) is 0 Å². The molecular weight excluding hydrogens is 402 g/mol. The number of rotatable bonds is 7. The molecule has 0 saturated heterocycles. The second-order valence-corrected chi connectivity index (χ2v) is 7.81. The van der Waals surface area contributed by atoms with Crippen LogP contribution in [0, 0.1) is 5.92 Å². The van der Waals surface area contributed by atoms with Crippen molar-refractivity contribution in [1.82, 2.24) is 15.1 Å². The lowest BCUT2D eigenvalue weighted by Crippen LogP contribution is -2.37. The van der Waals surface area contributed by atoms with Crippen LogP contribution in [-0.4, -0.2) is 35.9 Å². The van der Waals surface area contributed by atoms with Gasteiger partial charge in [0.2, 0.25) is 0 Å². The normalized spacial score (nSPS) is 12.0. The number of ether oxygens (including phenoxy) is 2. The molecule has 1 atom stereocenters. The first kappa shape index (κ1) is 21.7. The van der Waals surface area contributed by atoms with Gasteiger partial charge in [-0.3, -0.25) is 4.79 Å². The predicted molar refractivity (Wildman–Crippen MR) is 119 cm³/mol. The maximum atomic E-state index is 13.1.